The zero-order valence-corrected chi connectivity index (χ0v) is 29.3. The summed E-state index contributed by atoms with van der Waals surface area (Å²) in [5, 5.41) is 9.92. The molecule has 0 aliphatic heterocycles. The van der Waals surface area contributed by atoms with Crippen molar-refractivity contribution in [1.29, 1.82) is 0 Å². The second kappa shape index (κ2) is 14.1. The van der Waals surface area contributed by atoms with E-state index in [1.165, 1.54) is 0 Å². The van der Waals surface area contributed by atoms with Crippen molar-refractivity contribution in [3.63, 3.8) is 0 Å². The van der Waals surface area contributed by atoms with E-state index in [-0.39, 0.29) is 0 Å². The molecule has 7 aromatic rings. The molecule has 51 heavy (non-hydrogen) atoms. The second-order valence-corrected chi connectivity index (χ2v) is 12.6. The van der Waals surface area contributed by atoms with Gasteiger partial charge in [-0.1, -0.05) is 60.7 Å². The molecule has 0 saturated heterocycles. The molecule has 1 aromatic heterocycles. The normalized spacial score (nSPS) is 10.9. The first-order chi connectivity index (χ1) is 24.8. The molecule has 6 aromatic carbocycles. The molecule has 0 fully saturated rings. The Morgan fingerprint density at radius 3 is 1.49 bits per heavy atom. The predicted octanol–water partition coefficient (Wildman–Crippen LogP) is 10.1. The summed E-state index contributed by atoms with van der Waals surface area (Å²) in [7, 11) is 5.80. The summed E-state index contributed by atoms with van der Waals surface area (Å²) in [5.41, 5.74) is 29.0. The summed E-state index contributed by atoms with van der Waals surface area (Å²) in [6.07, 6.45) is 0. The summed E-state index contributed by atoms with van der Waals surface area (Å²) in [4.78, 5) is 10.4. The van der Waals surface area contributed by atoms with E-state index >= 15 is 0 Å². The van der Waals surface area contributed by atoms with Crippen LogP contribution in [0.25, 0.3) is 67.3 Å². The number of aryl methyl sites for hydroxylation is 1. The zero-order valence-electron chi connectivity index (χ0n) is 29.3. The van der Waals surface area contributed by atoms with Crippen molar-refractivity contribution in [2.24, 2.45) is 0 Å². The van der Waals surface area contributed by atoms with Gasteiger partial charge in [0.2, 0.25) is 0 Å². The lowest BCUT2D eigenvalue weighted by atomic mass is 9.97. The molecule has 0 amide bonds. The largest absolute Gasteiger partial charge is 0.399 e. The van der Waals surface area contributed by atoms with Gasteiger partial charge in [-0.2, -0.15) is 0 Å². The number of benzene rings is 6. The Hall–Kier alpha value is -6.60. The van der Waals surface area contributed by atoms with Crippen LogP contribution < -0.4 is 27.4 Å². The number of hydrogen-bond acceptors (Lipinski definition) is 7. The SMILES string of the molecule is CNc1ccc(NC)c(-c2cccc(-c3cc(-c4cccc(-c5cc(N)ccc5NC)c4)nc(-c4cccc(-c5cc(N)ccc5C)c4)n3)c2)c1. The molecule has 0 aliphatic rings. The second-order valence-electron chi connectivity index (χ2n) is 12.6. The number of nitrogens with two attached hydrogens (primary N) is 2. The first-order valence-corrected chi connectivity index (χ1v) is 17.0. The summed E-state index contributed by atoms with van der Waals surface area (Å²) >= 11 is 0. The van der Waals surface area contributed by atoms with E-state index in [0.29, 0.717) is 11.5 Å². The Morgan fingerprint density at radius 2 is 0.902 bits per heavy atom. The van der Waals surface area contributed by atoms with Crippen LogP contribution in [0.5, 0.6) is 0 Å². The van der Waals surface area contributed by atoms with Crippen LogP contribution in [-0.4, -0.2) is 31.1 Å². The lowest BCUT2D eigenvalue weighted by Crippen LogP contribution is -1.98. The zero-order chi connectivity index (χ0) is 35.5. The van der Waals surface area contributed by atoms with Crippen molar-refractivity contribution in [2.75, 3.05) is 48.6 Å². The fourth-order valence-corrected chi connectivity index (χ4v) is 6.52. The summed E-state index contributed by atoms with van der Waals surface area (Å²) in [5.74, 6) is 0.634. The topological polar surface area (TPSA) is 114 Å². The minimum atomic E-state index is 0.634. The van der Waals surface area contributed by atoms with E-state index in [4.69, 9.17) is 21.4 Å². The molecule has 1 heterocycles. The van der Waals surface area contributed by atoms with Crippen LogP contribution in [0.2, 0.25) is 0 Å². The highest BCUT2D eigenvalue weighted by Gasteiger charge is 2.15. The highest BCUT2D eigenvalue weighted by atomic mass is 14.9. The summed E-state index contributed by atoms with van der Waals surface area (Å²) < 4.78 is 0. The van der Waals surface area contributed by atoms with E-state index < -0.39 is 0 Å². The average Bonchev–Trinajstić information content (AvgIpc) is 3.18. The van der Waals surface area contributed by atoms with Gasteiger partial charge in [0.1, 0.15) is 0 Å². The molecular formula is C44H41N7. The number of hydrogen-bond donors (Lipinski definition) is 5. The molecule has 7 heteroatoms. The van der Waals surface area contributed by atoms with Gasteiger partial charge in [-0.25, -0.2) is 9.97 Å². The Bertz CT molecular complexity index is 2380. The molecule has 252 valence electrons. The van der Waals surface area contributed by atoms with Crippen LogP contribution in [0.4, 0.5) is 28.4 Å². The maximum atomic E-state index is 6.23. The summed E-state index contributed by atoms with van der Waals surface area (Å²) in [6.45, 7) is 2.10. The number of nitrogen functional groups attached to an aromatic ring is 2. The number of nitrogens with one attached hydrogen (secondary N) is 3. The molecule has 0 bridgehead atoms. The number of anilines is 5. The van der Waals surface area contributed by atoms with Crippen molar-refractivity contribution in [3.05, 3.63) is 139 Å². The third kappa shape index (κ3) is 6.82. The van der Waals surface area contributed by atoms with E-state index in [1.54, 1.807) is 0 Å². The fourth-order valence-electron chi connectivity index (χ4n) is 6.52. The minimum Gasteiger partial charge on any atom is -0.399 e. The summed E-state index contributed by atoms with van der Waals surface area (Å²) in [6, 6.07) is 45.6. The van der Waals surface area contributed by atoms with Crippen LogP contribution in [0.1, 0.15) is 5.56 Å². The van der Waals surface area contributed by atoms with Gasteiger partial charge in [0.15, 0.2) is 5.82 Å². The molecule has 7 nitrogen and oxygen atoms in total. The van der Waals surface area contributed by atoms with Gasteiger partial charge in [-0.05, 0) is 108 Å². The van der Waals surface area contributed by atoms with E-state index in [1.807, 2.05) is 51.5 Å². The van der Waals surface area contributed by atoms with Crippen LogP contribution in [0.3, 0.4) is 0 Å². The van der Waals surface area contributed by atoms with Gasteiger partial charge in [0, 0.05) is 77.4 Å². The van der Waals surface area contributed by atoms with Crippen molar-refractivity contribution >= 4 is 28.4 Å². The lowest BCUT2D eigenvalue weighted by molar-refractivity contribution is 1.18. The molecule has 0 aliphatic carbocycles. The molecular weight excluding hydrogens is 627 g/mol. The number of aromatic nitrogens is 2. The van der Waals surface area contributed by atoms with Gasteiger partial charge in [0.25, 0.3) is 0 Å². The van der Waals surface area contributed by atoms with Crippen molar-refractivity contribution in [2.45, 2.75) is 6.92 Å². The van der Waals surface area contributed by atoms with Gasteiger partial charge < -0.3 is 27.4 Å². The van der Waals surface area contributed by atoms with E-state index in [9.17, 15) is 0 Å². The Morgan fingerprint density at radius 1 is 0.431 bits per heavy atom. The average molecular weight is 668 g/mol. The lowest BCUT2D eigenvalue weighted by Gasteiger charge is -2.15. The standard InChI is InChI=1S/C44H41N7/c1-27-14-15-34(45)23-37(27)28-8-7-13-33(22-28)44-50-42(31-11-5-9-29(20-31)38-24-35(46)16-18-40(38)48-3)26-43(51-44)32-12-6-10-30(21-32)39-25-36(47-2)17-19-41(39)49-4/h5-26,47-49H,45-46H2,1-4H3. The van der Waals surface area contributed by atoms with Gasteiger partial charge in [-0.3, -0.25) is 0 Å². The Balaban J connectivity index is 1.40. The molecule has 7 N–H and O–H groups in total. The number of nitrogens with zero attached hydrogens (tertiary/aromatic N) is 2. The van der Waals surface area contributed by atoms with Gasteiger partial charge in [0.05, 0.1) is 11.4 Å². The highest BCUT2D eigenvalue weighted by molar-refractivity contribution is 5.86. The molecule has 0 spiro atoms. The smallest absolute Gasteiger partial charge is 0.160 e. The molecule has 7 rings (SSSR count). The van der Waals surface area contributed by atoms with Gasteiger partial charge >= 0.3 is 0 Å². The molecule has 0 unspecified atom stereocenters. The quantitative estimate of drug-likeness (QED) is 0.0974. The van der Waals surface area contributed by atoms with Crippen molar-refractivity contribution in [1.82, 2.24) is 9.97 Å². The molecule has 0 atom stereocenters. The Labute approximate surface area is 299 Å². The maximum Gasteiger partial charge on any atom is 0.160 e. The van der Waals surface area contributed by atoms with Crippen molar-refractivity contribution < 1.29 is 0 Å². The van der Waals surface area contributed by atoms with E-state index in [0.717, 1.165) is 89.8 Å². The van der Waals surface area contributed by atoms with Crippen LogP contribution in [-0.2, 0) is 0 Å². The predicted molar refractivity (Wildman–Crippen MR) is 217 cm³/mol. The fraction of sp³-hybridized carbons (Fsp3) is 0.0909. The first-order valence-electron chi connectivity index (χ1n) is 17.0. The van der Waals surface area contributed by atoms with E-state index in [2.05, 4.69) is 126 Å². The van der Waals surface area contributed by atoms with Crippen molar-refractivity contribution in [3.8, 4) is 67.3 Å². The number of rotatable bonds is 9. The third-order valence-corrected chi connectivity index (χ3v) is 9.25. The monoisotopic (exact) mass is 667 g/mol. The minimum absolute atomic E-state index is 0.634. The first kappa shape index (κ1) is 32.9. The third-order valence-electron chi connectivity index (χ3n) is 9.25. The Kier molecular flexibility index (Phi) is 9.10. The highest BCUT2D eigenvalue weighted by Crippen LogP contribution is 2.37. The molecule has 0 radical (unpaired) electrons. The van der Waals surface area contributed by atoms with Crippen LogP contribution in [0, 0.1) is 6.92 Å². The maximum absolute atomic E-state index is 6.23. The molecule has 0 saturated carbocycles. The van der Waals surface area contributed by atoms with Gasteiger partial charge in [-0.15, -0.1) is 0 Å². The van der Waals surface area contributed by atoms with Crippen LogP contribution in [0.15, 0.2) is 133 Å². The van der Waals surface area contributed by atoms with Crippen LogP contribution >= 0.6 is 0 Å².